The van der Waals surface area contributed by atoms with E-state index in [9.17, 15) is 14.7 Å². The largest absolute Gasteiger partial charge is 0.550 e. The summed E-state index contributed by atoms with van der Waals surface area (Å²) in [5.74, 6) is -1.20. The Morgan fingerprint density at radius 3 is 2.05 bits per heavy atom. The van der Waals surface area contributed by atoms with Gasteiger partial charge < -0.3 is 19.5 Å². The van der Waals surface area contributed by atoms with Crippen LogP contribution in [0.25, 0.3) is 0 Å². The van der Waals surface area contributed by atoms with Gasteiger partial charge in [0.1, 0.15) is 12.6 Å². The second-order valence-corrected chi connectivity index (χ2v) is 6.37. The van der Waals surface area contributed by atoms with Crippen molar-refractivity contribution in [1.82, 2.24) is 0 Å². The number of benzene rings is 1. The fourth-order valence-electron chi connectivity index (χ4n) is 1.76. The van der Waals surface area contributed by atoms with Crippen LogP contribution in [-0.4, -0.2) is 54.6 Å². The number of aryl methyl sites for hydroxylation is 1. The topological polar surface area (TPSA) is 77.4 Å². The number of aliphatic hydroxyl groups is 1. The number of carboxylic acid groups (broad SMARTS) is 1. The fourth-order valence-corrected chi connectivity index (χ4v) is 1.89. The first-order valence-electron chi connectivity index (χ1n) is 7.02. The van der Waals surface area contributed by atoms with E-state index in [0.29, 0.717) is 16.6 Å². The maximum absolute atomic E-state index is 10.6. The maximum Gasteiger partial charge on any atom is 0.252 e. The van der Waals surface area contributed by atoms with Crippen LogP contribution in [-0.2, 0) is 11.2 Å². The van der Waals surface area contributed by atoms with Crippen LogP contribution in [0.15, 0.2) is 24.3 Å². The molecule has 0 aliphatic rings. The number of quaternary nitrogens is 1. The van der Waals surface area contributed by atoms with Crippen molar-refractivity contribution >= 4 is 22.8 Å². The number of nitrogens with zero attached hydrogens (tertiary/aromatic N) is 1. The summed E-state index contributed by atoms with van der Waals surface area (Å²) in [4.78, 5) is 20.6. The van der Waals surface area contributed by atoms with Crippen molar-refractivity contribution in [3.05, 3.63) is 35.4 Å². The molecule has 124 valence electrons. The average Bonchev–Trinajstić information content (AvgIpc) is 2.36. The molecule has 1 aromatic rings. The molecule has 0 saturated carbocycles. The predicted molar refractivity (Wildman–Crippen MR) is 84.5 cm³/mol. The van der Waals surface area contributed by atoms with E-state index >= 15 is 0 Å². The third kappa shape index (κ3) is 10.3. The van der Waals surface area contributed by atoms with Gasteiger partial charge in [0, 0.05) is 18.0 Å². The van der Waals surface area contributed by atoms with Crippen LogP contribution in [0, 0.1) is 0 Å². The van der Waals surface area contributed by atoms with Crippen LogP contribution >= 0.6 is 11.6 Å². The minimum absolute atomic E-state index is 0.282. The van der Waals surface area contributed by atoms with Crippen molar-refractivity contribution in [2.24, 2.45) is 0 Å². The number of carbonyl (C=O) groups excluding carboxylic acids is 2. The Balaban J connectivity index is 0.000000401. The Labute approximate surface area is 136 Å². The van der Waals surface area contributed by atoms with Gasteiger partial charge in [0.15, 0.2) is 0 Å². The summed E-state index contributed by atoms with van der Waals surface area (Å²) in [6.45, 7) is 2.49. The van der Waals surface area contributed by atoms with Gasteiger partial charge in [-0.25, -0.2) is 0 Å². The van der Waals surface area contributed by atoms with Crippen LogP contribution in [0.4, 0.5) is 0 Å². The minimum atomic E-state index is -1.20. The van der Waals surface area contributed by atoms with E-state index in [1.165, 1.54) is 5.56 Å². The highest BCUT2D eigenvalue weighted by atomic mass is 35.5. The molecule has 0 bridgehead atoms. The lowest BCUT2D eigenvalue weighted by molar-refractivity contribution is -0.873. The molecule has 1 N–H and O–H groups in total. The van der Waals surface area contributed by atoms with Gasteiger partial charge in [0.25, 0.3) is 5.24 Å². The van der Waals surface area contributed by atoms with Gasteiger partial charge in [0.2, 0.25) is 0 Å². The molecule has 22 heavy (non-hydrogen) atoms. The Morgan fingerprint density at radius 1 is 1.23 bits per heavy atom. The molecule has 0 fully saturated rings. The Morgan fingerprint density at radius 2 is 1.73 bits per heavy atom. The third-order valence-corrected chi connectivity index (χ3v) is 2.97. The molecule has 0 aromatic heterocycles. The molecule has 1 unspecified atom stereocenters. The molecule has 1 atom stereocenters. The van der Waals surface area contributed by atoms with E-state index in [1.807, 2.05) is 33.3 Å². The Bertz CT molecular complexity index is 480. The average molecular weight is 330 g/mol. The molecule has 0 aliphatic carbocycles. The summed E-state index contributed by atoms with van der Waals surface area (Å²) < 4.78 is 0.550. The summed E-state index contributed by atoms with van der Waals surface area (Å²) >= 11 is 5.26. The Kier molecular flexibility index (Phi) is 8.94. The molecular weight excluding hydrogens is 306 g/mol. The second-order valence-electron chi connectivity index (χ2n) is 6.03. The molecule has 5 nitrogen and oxygen atoms in total. The van der Waals surface area contributed by atoms with Crippen molar-refractivity contribution in [3.63, 3.8) is 0 Å². The lowest BCUT2D eigenvalue weighted by Gasteiger charge is -2.26. The number of aliphatic hydroxyl groups excluding tert-OH is 1. The molecule has 1 aromatic carbocycles. The zero-order valence-corrected chi connectivity index (χ0v) is 14.3. The number of aliphatic carboxylic acids is 1. The maximum atomic E-state index is 10.6. The summed E-state index contributed by atoms with van der Waals surface area (Å²) in [5.41, 5.74) is 1.77. The van der Waals surface area contributed by atoms with Gasteiger partial charge in [0.05, 0.1) is 21.1 Å². The first-order valence-corrected chi connectivity index (χ1v) is 7.40. The lowest BCUT2D eigenvalue weighted by atomic mass is 10.1. The quantitative estimate of drug-likeness (QED) is 0.619. The lowest BCUT2D eigenvalue weighted by Crippen LogP contribution is -2.43. The first kappa shape index (κ1) is 20.6. The van der Waals surface area contributed by atoms with Crippen molar-refractivity contribution in [1.29, 1.82) is 0 Å². The van der Waals surface area contributed by atoms with Crippen molar-refractivity contribution < 1.29 is 24.3 Å². The van der Waals surface area contributed by atoms with Gasteiger partial charge in [-0.05, 0) is 35.7 Å². The van der Waals surface area contributed by atoms with Crippen LogP contribution in [0.5, 0.6) is 0 Å². The molecule has 1 rings (SSSR count). The van der Waals surface area contributed by atoms with Crippen LogP contribution in [0.3, 0.4) is 0 Å². The van der Waals surface area contributed by atoms with E-state index in [2.05, 4.69) is 6.92 Å². The summed E-state index contributed by atoms with van der Waals surface area (Å²) in [6, 6.07) is 7.31. The fraction of sp³-hybridized carbons (Fsp3) is 0.500. The summed E-state index contributed by atoms with van der Waals surface area (Å²) in [6.07, 6.45) is -0.105. The normalized spacial score (nSPS) is 12.1. The molecule has 0 spiro atoms. The van der Waals surface area contributed by atoms with Gasteiger partial charge in [-0.2, -0.15) is 0 Å². The SMILES string of the molecule is CCc1ccc(C(=O)Cl)cc1.C[N+](C)(C)CC(O)CC(=O)[O-]. The van der Waals surface area contributed by atoms with E-state index < -0.39 is 17.3 Å². The number of carboxylic acids is 1. The number of hydrogen-bond donors (Lipinski definition) is 1. The third-order valence-electron chi connectivity index (χ3n) is 2.75. The van der Waals surface area contributed by atoms with E-state index in [4.69, 9.17) is 16.7 Å². The van der Waals surface area contributed by atoms with E-state index in [0.717, 1.165) is 6.42 Å². The number of halogens is 1. The van der Waals surface area contributed by atoms with Crippen LogP contribution < -0.4 is 5.11 Å². The minimum Gasteiger partial charge on any atom is -0.550 e. The molecule has 0 saturated heterocycles. The highest BCUT2D eigenvalue weighted by Crippen LogP contribution is 2.07. The van der Waals surface area contributed by atoms with Crippen LogP contribution in [0.1, 0.15) is 29.3 Å². The summed E-state index contributed by atoms with van der Waals surface area (Å²) in [5, 5.41) is 18.7. The molecular formula is C16H24ClNO4. The number of rotatable bonds is 6. The van der Waals surface area contributed by atoms with Gasteiger partial charge in [-0.15, -0.1) is 0 Å². The van der Waals surface area contributed by atoms with E-state index in [-0.39, 0.29) is 6.42 Å². The zero-order chi connectivity index (χ0) is 17.3. The molecule has 0 radical (unpaired) electrons. The predicted octanol–water partition coefficient (Wildman–Crippen LogP) is 0.821. The highest BCUT2D eigenvalue weighted by Gasteiger charge is 2.14. The van der Waals surface area contributed by atoms with Gasteiger partial charge in [-0.1, -0.05) is 19.1 Å². The molecule has 0 amide bonds. The number of likely N-dealkylation sites (N-methyl/N-ethyl adjacent to an activating group) is 1. The number of carbonyl (C=O) groups is 2. The van der Waals surface area contributed by atoms with Gasteiger partial charge in [-0.3, -0.25) is 4.79 Å². The van der Waals surface area contributed by atoms with Crippen molar-refractivity contribution in [2.75, 3.05) is 27.7 Å². The number of hydrogen-bond acceptors (Lipinski definition) is 4. The standard InChI is InChI=1S/C9H9ClO.C7H15NO3/c1-2-7-3-5-8(6-4-7)9(10)11;1-8(2,3)5-6(9)4-7(10)11/h3-6H,2H2,1H3;6,9H,4-5H2,1-3H3. The summed E-state index contributed by atoms with van der Waals surface area (Å²) in [7, 11) is 5.66. The van der Waals surface area contributed by atoms with Crippen LogP contribution in [0.2, 0.25) is 0 Å². The smallest absolute Gasteiger partial charge is 0.252 e. The highest BCUT2D eigenvalue weighted by molar-refractivity contribution is 6.67. The zero-order valence-electron chi connectivity index (χ0n) is 13.5. The second kappa shape index (κ2) is 9.56. The molecule has 6 heteroatoms. The first-order chi connectivity index (χ1) is 10.0. The van der Waals surface area contributed by atoms with E-state index in [1.54, 1.807) is 12.1 Å². The van der Waals surface area contributed by atoms with Crippen molar-refractivity contribution in [2.45, 2.75) is 25.9 Å². The Hall–Kier alpha value is -1.43. The van der Waals surface area contributed by atoms with Crippen molar-refractivity contribution in [3.8, 4) is 0 Å². The monoisotopic (exact) mass is 329 g/mol. The molecule has 0 aliphatic heterocycles. The van der Waals surface area contributed by atoms with Gasteiger partial charge >= 0.3 is 0 Å². The molecule has 0 heterocycles.